The van der Waals surface area contributed by atoms with Crippen molar-refractivity contribution in [3.63, 3.8) is 0 Å². The molecule has 1 heterocycles. The van der Waals surface area contributed by atoms with E-state index in [1.54, 1.807) is 42.3 Å². The van der Waals surface area contributed by atoms with E-state index < -0.39 is 0 Å². The normalized spacial score (nSPS) is 11.6. The highest BCUT2D eigenvalue weighted by atomic mass is 35.5. The van der Waals surface area contributed by atoms with Gasteiger partial charge in [-0.3, -0.25) is 0 Å². The molecule has 0 spiro atoms. The van der Waals surface area contributed by atoms with Crippen LogP contribution in [0.25, 0.3) is 0 Å². The predicted molar refractivity (Wildman–Crippen MR) is 71.8 cm³/mol. The summed E-state index contributed by atoms with van der Waals surface area (Å²) >= 11 is 5.97. The van der Waals surface area contributed by atoms with Crippen LogP contribution in [-0.4, -0.2) is 27.7 Å². The standard InChI is InChI=1S/C12H13ClN4O2/c1-19-10-3-2-9(13)6-8(10)7-17-5-4-15-12(17)11(14)16-18/h2-6,18H,7H2,1H3,(H2,14,16). The Bertz CT molecular complexity index is 610. The van der Waals surface area contributed by atoms with Gasteiger partial charge in [0.2, 0.25) is 5.84 Å². The molecule has 0 aliphatic rings. The Hall–Kier alpha value is -2.21. The third kappa shape index (κ3) is 2.79. The average Bonchev–Trinajstić information content (AvgIpc) is 2.86. The van der Waals surface area contributed by atoms with E-state index in [1.807, 2.05) is 0 Å². The zero-order valence-corrected chi connectivity index (χ0v) is 11.0. The molecule has 6 nitrogen and oxygen atoms in total. The van der Waals surface area contributed by atoms with Crippen molar-refractivity contribution in [1.82, 2.24) is 9.55 Å². The lowest BCUT2D eigenvalue weighted by Gasteiger charge is -2.11. The first-order valence-electron chi connectivity index (χ1n) is 5.47. The van der Waals surface area contributed by atoms with Crippen LogP contribution in [0.4, 0.5) is 0 Å². The van der Waals surface area contributed by atoms with Crippen molar-refractivity contribution in [2.45, 2.75) is 6.54 Å². The van der Waals surface area contributed by atoms with Crippen LogP contribution in [0, 0.1) is 0 Å². The number of hydrogen-bond donors (Lipinski definition) is 2. The van der Waals surface area contributed by atoms with E-state index in [-0.39, 0.29) is 5.84 Å². The number of amidine groups is 1. The number of benzene rings is 1. The molecule has 2 aromatic rings. The van der Waals surface area contributed by atoms with E-state index >= 15 is 0 Å². The monoisotopic (exact) mass is 280 g/mol. The molecule has 2 rings (SSSR count). The molecule has 0 radical (unpaired) electrons. The van der Waals surface area contributed by atoms with Gasteiger partial charge in [-0.2, -0.15) is 0 Å². The molecule has 0 aliphatic carbocycles. The Balaban J connectivity index is 2.36. The second-order valence-electron chi connectivity index (χ2n) is 3.82. The second kappa shape index (κ2) is 5.62. The van der Waals surface area contributed by atoms with Gasteiger partial charge in [0.15, 0.2) is 5.82 Å². The van der Waals surface area contributed by atoms with Gasteiger partial charge in [0.25, 0.3) is 0 Å². The molecule has 19 heavy (non-hydrogen) atoms. The van der Waals surface area contributed by atoms with Crippen LogP contribution in [0.1, 0.15) is 11.4 Å². The van der Waals surface area contributed by atoms with Gasteiger partial charge in [-0.25, -0.2) is 4.98 Å². The highest BCUT2D eigenvalue weighted by Gasteiger charge is 2.11. The number of nitrogens with two attached hydrogens (primary N) is 1. The fourth-order valence-corrected chi connectivity index (χ4v) is 1.96. The van der Waals surface area contributed by atoms with Gasteiger partial charge in [-0.05, 0) is 18.2 Å². The van der Waals surface area contributed by atoms with E-state index in [2.05, 4.69) is 10.1 Å². The number of ether oxygens (including phenoxy) is 1. The van der Waals surface area contributed by atoms with Crippen molar-refractivity contribution in [1.29, 1.82) is 0 Å². The first kappa shape index (κ1) is 13.2. The Morgan fingerprint density at radius 1 is 1.58 bits per heavy atom. The molecule has 0 saturated carbocycles. The second-order valence-corrected chi connectivity index (χ2v) is 4.26. The number of rotatable bonds is 4. The van der Waals surface area contributed by atoms with E-state index in [9.17, 15) is 0 Å². The van der Waals surface area contributed by atoms with Crippen LogP contribution in [0.5, 0.6) is 5.75 Å². The van der Waals surface area contributed by atoms with Gasteiger partial charge in [0.1, 0.15) is 5.75 Å². The predicted octanol–water partition coefficient (Wildman–Crippen LogP) is 1.69. The molecule has 0 bridgehead atoms. The zero-order chi connectivity index (χ0) is 13.8. The van der Waals surface area contributed by atoms with Gasteiger partial charge < -0.3 is 20.2 Å². The van der Waals surface area contributed by atoms with E-state index in [0.717, 1.165) is 5.56 Å². The minimum Gasteiger partial charge on any atom is -0.496 e. The first-order chi connectivity index (χ1) is 9.15. The SMILES string of the molecule is COc1ccc(Cl)cc1Cn1ccnc1C(N)=NO. The smallest absolute Gasteiger partial charge is 0.206 e. The van der Waals surface area contributed by atoms with Crippen LogP contribution >= 0.6 is 11.6 Å². The van der Waals surface area contributed by atoms with E-state index in [0.29, 0.717) is 23.1 Å². The molecule has 3 N–H and O–H groups in total. The van der Waals surface area contributed by atoms with Gasteiger partial charge in [0.05, 0.1) is 13.7 Å². The van der Waals surface area contributed by atoms with Crippen molar-refractivity contribution >= 4 is 17.4 Å². The Kier molecular flexibility index (Phi) is 3.91. The molecule has 1 aromatic carbocycles. The quantitative estimate of drug-likeness (QED) is 0.386. The summed E-state index contributed by atoms with van der Waals surface area (Å²) in [5.41, 5.74) is 6.43. The maximum absolute atomic E-state index is 8.71. The van der Waals surface area contributed by atoms with Crippen LogP contribution in [0.15, 0.2) is 35.7 Å². The summed E-state index contributed by atoms with van der Waals surface area (Å²) in [7, 11) is 1.59. The zero-order valence-electron chi connectivity index (χ0n) is 10.2. The highest BCUT2D eigenvalue weighted by Crippen LogP contribution is 2.23. The number of oxime groups is 1. The molecular formula is C12H13ClN4O2. The van der Waals surface area contributed by atoms with Gasteiger partial charge in [0, 0.05) is 23.0 Å². The van der Waals surface area contributed by atoms with Crippen LogP contribution in [-0.2, 0) is 6.54 Å². The summed E-state index contributed by atoms with van der Waals surface area (Å²) in [6, 6.07) is 5.34. The molecule has 0 fully saturated rings. The summed E-state index contributed by atoms with van der Waals surface area (Å²) in [5.74, 6) is 1.04. The van der Waals surface area contributed by atoms with Gasteiger partial charge >= 0.3 is 0 Å². The Morgan fingerprint density at radius 2 is 2.37 bits per heavy atom. The number of aromatic nitrogens is 2. The molecule has 0 aliphatic heterocycles. The van der Waals surface area contributed by atoms with E-state index in [1.165, 1.54) is 0 Å². The Morgan fingerprint density at radius 3 is 3.05 bits per heavy atom. The lowest BCUT2D eigenvalue weighted by Crippen LogP contribution is -2.20. The highest BCUT2D eigenvalue weighted by molar-refractivity contribution is 6.30. The van der Waals surface area contributed by atoms with Crippen LogP contribution in [0.2, 0.25) is 5.02 Å². The molecule has 0 amide bonds. The number of methoxy groups -OCH3 is 1. The van der Waals surface area contributed by atoms with Crippen molar-refractivity contribution in [2.75, 3.05) is 7.11 Å². The average molecular weight is 281 g/mol. The summed E-state index contributed by atoms with van der Waals surface area (Å²) in [6.07, 6.45) is 3.30. The topological polar surface area (TPSA) is 85.7 Å². The number of nitrogens with zero attached hydrogens (tertiary/aromatic N) is 3. The lowest BCUT2D eigenvalue weighted by atomic mass is 10.2. The van der Waals surface area contributed by atoms with Crippen molar-refractivity contribution < 1.29 is 9.94 Å². The Labute approximate surface area is 115 Å². The van der Waals surface area contributed by atoms with E-state index in [4.69, 9.17) is 27.3 Å². The number of halogens is 1. The van der Waals surface area contributed by atoms with Crippen molar-refractivity contribution in [3.05, 3.63) is 47.0 Å². The van der Waals surface area contributed by atoms with Gasteiger partial charge in [-0.1, -0.05) is 16.8 Å². The maximum Gasteiger partial charge on any atom is 0.206 e. The molecular weight excluding hydrogens is 268 g/mol. The van der Waals surface area contributed by atoms with Crippen molar-refractivity contribution in [2.24, 2.45) is 10.9 Å². The largest absolute Gasteiger partial charge is 0.496 e. The molecule has 7 heteroatoms. The fraction of sp³-hybridized carbons (Fsp3) is 0.167. The fourth-order valence-electron chi connectivity index (χ4n) is 1.77. The third-order valence-corrected chi connectivity index (χ3v) is 2.87. The number of imidazole rings is 1. The summed E-state index contributed by atoms with van der Waals surface area (Å²) in [6.45, 7) is 0.454. The van der Waals surface area contributed by atoms with Crippen LogP contribution < -0.4 is 10.5 Å². The maximum atomic E-state index is 8.71. The summed E-state index contributed by atoms with van der Waals surface area (Å²) in [4.78, 5) is 4.03. The molecule has 100 valence electrons. The summed E-state index contributed by atoms with van der Waals surface area (Å²) < 4.78 is 7.01. The first-order valence-corrected chi connectivity index (χ1v) is 5.85. The lowest BCUT2D eigenvalue weighted by molar-refractivity contribution is 0.318. The minimum absolute atomic E-state index is 0.0500. The minimum atomic E-state index is -0.0500. The van der Waals surface area contributed by atoms with Gasteiger partial charge in [-0.15, -0.1) is 0 Å². The van der Waals surface area contributed by atoms with Crippen LogP contribution in [0.3, 0.4) is 0 Å². The molecule has 1 aromatic heterocycles. The van der Waals surface area contributed by atoms with Crippen molar-refractivity contribution in [3.8, 4) is 5.75 Å². The molecule has 0 atom stereocenters. The molecule has 0 unspecified atom stereocenters. The third-order valence-electron chi connectivity index (χ3n) is 2.64. The summed E-state index contributed by atoms with van der Waals surface area (Å²) in [5, 5.41) is 12.3. The molecule has 0 saturated heterocycles. The number of hydrogen-bond acceptors (Lipinski definition) is 4.